The molecule has 0 radical (unpaired) electrons. The van der Waals surface area contributed by atoms with E-state index in [9.17, 15) is 4.79 Å². The third kappa shape index (κ3) is 5.15. The Morgan fingerprint density at radius 3 is 2.94 bits per heavy atom. The monoisotopic (exact) mass is 298 g/mol. The Labute approximate surface area is 110 Å². The Hall–Kier alpha value is -1.13. The second-order valence-electron chi connectivity index (χ2n) is 3.30. The van der Waals surface area contributed by atoms with Crippen LogP contribution in [0.15, 0.2) is 36.4 Å². The van der Waals surface area contributed by atoms with Crippen LogP contribution in [0.3, 0.4) is 0 Å². The fraction of sp³-hybridized carbons (Fsp3) is 0.308. The van der Waals surface area contributed by atoms with Gasteiger partial charge in [-0.15, -0.1) is 0 Å². The summed E-state index contributed by atoms with van der Waals surface area (Å²) in [5.41, 5.74) is 0.605. The van der Waals surface area contributed by atoms with Gasteiger partial charge in [-0.1, -0.05) is 40.2 Å². The number of carbonyl (C=O) groups is 1. The number of allylic oxidation sites excluding steroid dienone is 1. The van der Waals surface area contributed by atoms with Gasteiger partial charge < -0.3 is 9.47 Å². The summed E-state index contributed by atoms with van der Waals surface area (Å²) in [6, 6.07) is 7.05. The van der Waals surface area contributed by atoms with Gasteiger partial charge in [0.25, 0.3) is 0 Å². The van der Waals surface area contributed by atoms with Gasteiger partial charge in [0.15, 0.2) is 5.78 Å². The van der Waals surface area contributed by atoms with Gasteiger partial charge in [-0.2, -0.15) is 0 Å². The molecule has 0 aromatic heterocycles. The van der Waals surface area contributed by atoms with E-state index in [1.54, 1.807) is 31.4 Å². The van der Waals surface area contributed by atoms with E-state index in [1.807, 2.05) is 12.2 Å². The van der Waals surface area contributed by atoms with Gasteiger partial charge >= 0.3 is 0 Å². The van der Waals surface area contributed by atoms with Gasteiger partial charge in [-0.25, -0.2) is 0 Å². The molecular formula is C13H15BrO3. The van der Waals surface area contributed by atoms with E-state index in [2.05, 4.69) is 15.9 Å². The molecule has 0 aliphatic heterocycles. The van der Waals surface area contributed by atoms with E-state index < -0.39 is 0 Å². The summed E-state index contributed by atoms with van der Waals surface area (Å²) in [4.78, 5) is 11.7. The normalized spacial score (nSPS) is 10.7. The van der Waals surface area contributed by atoms with E-state index in [0.29, 0.717) is 17.9 Å². The average Bonchev–Trinajstić information content (AvgIpc) is 2.38. The predicted molar refractivity (Wildman–Crippen MR) is 71.1 cm³/mol. The molecule has 4 heteroatoms. The van der Waals surface area contributed by atoms with Crippen molar-refractivity contribution in [3.63, 3.8) is 0 Å². The number of carbonyl (C=O) groups excluding carboxylic acids is 1. The van der Waals surface area contributed by atoms with Crippen LogP contribution in [0.1, 0.15) is 10.4 Å². The van der Waals surface area contributed by atoms with Crippen molar-refractivity contribution in [3.8, 4) is 5.75 Å². The van der Waals surface area contributed by atoms with Crippen molar-refractivity contribution in [2.75, 3.05) is 25.7 Å². The molecule has 1 rings (SSSR count). The minimum atomic E-state index is -0.0452. The number of ether oxygens (including phenoxy) is 2. The predicted octanol–water partition coefficient (Wildman–Crippen LogP) is 2.85. The Morgan fingerprint density at radius 2 is 2.24 bits per heavy atom. The van der Waals surface area contributed by atoms with Gasteiger partial charge in [0.2, 0.25) is 0 Å². The summed E-state index contributed by atoms with van der Waals surface area (Å²) in [7, 11) is 1.57. The molecule has 0 saturated carbocycles. The molecule has 0 bridgehead atoms. The highest BCUT2D eigenvalue weighted by atomic mass is 79.9. The van der Waals surface area contributed by atoms with Crippen LogP contribution in [0.25, 0.3) is 0 Å². The summed E-state index contributed by atoms with van der Waals surface area (Å²) >= 11 is 3.26. The molecule has 0 N–H and O–H groups in total. The zero-order valence-electron chi connectivity index (χ0n) is 9.69. The lowest BCUT2D eigenvalue weighted by molar-refractivity contribution is 0.0805. The maximum atomic E-state index is 11.7. The fourth-order valence-corrected chi connectivity index (χ4v) is 1.49. The highest BCUT2D eigenvalue weighted by Gasteiger charge is 2.06. The number of methoxy groups -OCH3 is 1. The van der Waals surface area contributed by atoms with Gasteiger partial charge in [-0.3, -0.25) is 4.79 Å². The van der Waals surface area contributed by atoms with Crippen LogP contribution in [0.4, 0.5) is 0 Å². The Balaban J connectivity index is 2.43. The van der Waals surface area contributed by atoms with Crippen molar-refractivity contribution in [2.45, 2.75) is 0 Å². The van der Waals surface area contributed by atoms with Crippen molar-refractivity contribution >= 4 is 21.7 Å². The molecule has 92 valence electrons. The first-order valence-corrected chi connectivity index (χ1v) is 6.36. The van der Waals surface area contributed by atoms with Crippen molar-refractivity contribution < 1.29 is 14.3 Å². The highest BCUT2D eigenvalue weighted by Crippen LogP contribution is 2.12. The molecule has 0 spiro atoms. The molecule has 0 unspecified atom stereocenters. The molecule has 0 heterocycles. The van der Waals surface area contributed by atoms with Crippen LogP contribution in [0.5, 0.6) is 5.75 Å². The topological polar surface area (TPSA) is 35.5 Å². The van der Waals surface area contributed by atoms with E-state index in [4.69, 9.17) is 9.47 Å². The number of ketones is 1. The lowest BCUT2D eigenvalue weighted by Gasteiger charge is -2.03. The Morgan fingerprint density at radius 1 is 1.41 bits per heavy atom. The van der Waals surface area contributed by atoms with Gasteiger partial charge in [0.05, 0.1) is 13.7 Å². The number of Topliss-reactive ketones (excluding diaryl/α,β-unsaturated/α-hetero) is 1. The molecule has 0 atom stereocenters. The number of halogens is 1. The first-order chi connectivity index (χ1) is 8.27. The number of alkyl halides is 1. The Bertz CT molecular complexity index is 388. The van der Waals surface area contributed by atoms with Gasteiger partial charge in [0, 0.05) is 10.9 Å². The van der Waals surface area contributed by atoms with Gasteiger partial charge in [0.1, 0.15) is 12.4 Å². The van der Waals surface area contributed by atoms with Crippen molar-refractivity contribution in [1.82, 2.24) is 0 Å². The first-order valence-electron chi connectivity index (χ1n) is 5.24. The van der Waals surface area contributed by atoms with Crippen LogP contribution >= 0.6 is 15.9 Å². The molecule has 1 aromatic carbocycles. The second kappa shape index (κ2) is 8.03. The van der Waals surface area contributed by atoms with Crippen molar-refractivity contribution in [1.29, 1.82) is 0 Å². The number of benzene rings is 1. The SMILES string of the molecule is COc1cccc(C(=O)COCC=CCBr)c1. The second-order valence-corrected chi connectivity index (χ2v) is 3.94. The van der Waals surface area contributed by atoms with Crippen LogP contribution in [-0.4, -0.2) is 31.4 Å². The zero-order valence-corrected chi connectivity index (χ0v) is 11.3. The lowest BCUT2D eigenvalue weighted by Crippen LogP contribution is -2.09. The third-order valence-corrected chi connectivity index (χ3v) is 2.47. The number of hydrogen-bond donors (Lipinski definition) is 0. The molecular weight excluding hydrogens is 284 g/mol. The fourth-order valence-electron chi connectivity index (χ4n) is 1.23. The minimum absolute atomic E-state index is 0.0452. The average molecular weight is 299 g/mol. The van der Waals surface area contributed by atoms with E-state index in [-0.39, 0.29) is 12.4 Å². The molecule has 0 aliphatic rings. The largest absolute Gasteiger partial charge is 0.497 e. The van der Waals surface area contributed by atoms with E-state index >= 15 is 0 Å². The molecule has 0 amide bonds. The van der Waals surface area contributed by atoms with E-state index in [0.717, 1.165) is 5.33 Å². The highest BCUT2D eigenvalue weighted by molar-refractivity contribution is 9.09. The summed E-state index contributed by atoms with van der Waals surface area (Å²) < 4.78 is 10.3. The Kier molecular flexibility index (Phi) is 6.58. The minimum Gasteiger partial charge on any atom is -0.497 e. The summed E-state index contributed by atoms with van der Waals surface area (Å²) in [6.07, 6.45) is 3.80. The first kappa shape index (κ1) is 13.9. The van der Waals surface area contributed by atoms with Crippen molar-refractivity contribution in [2.24, 2.45) is 0 Å². The zero-order chi connectivity index (χ0) is 12.5. The van der Waals surface area contributed by atoms with Crippen LogP contribution < -0.4 is 4.74 Å². The third-order valence-electron chi connectivity index (χ3n) is 2.09. The number of rotatable bonds is 7. The quantitative estimate of drug-likeness (QED) is 0.336. The maximum absolute atomic E-state index is 11.7. The summed E-state index contributed by atoms with van der Waals surface area (Å²) in [6.45, 7) is 0.529. The smallest absolute Gasteiger partial charge is 0.188 e. The molecule has 0 aliphatic carbocycles. The van der Waals surface area contributed by atoms with Crippen LogP contribution in [0, 0.1) is 0 Å². The molecule has 0 saturated heterocycles. The lowest BCUT2D eigenvalue weighted by atomic mass is 10.1. The van der Waals surface area contributed by atoms with Crippen LogP contribution in [0.2, 0.25) is 0 Å². The standard InChI is InChI=1S/C13H15BrO3/c1-16-12-6-4-5-11(9-12)13(15)10-17-8-3-2-7-14/h2-6,9H,7-8,10H2,1H3. The van der Waals surface area contributed by atoms with Gasteiger partial charge in [-0.05, 0) is 12.1 Å². The van der Waals surface area contributed by atoms with Crippen LogP contribution in [-0.2, 0) is 4.74 Å². The molecule has 0 fully saturated rings. The number of hydrogen-bond acceptors (Lipinski definition) is 3. The molecule has 1 aromatic rings. The van der Waals surface area contributed by atoms with Crippen molar-refractivity contribution in [3.05, 3.63) is 42.0 Å². The maximum Gasteiger partial charge on any atom is 0.188 e. The molecule has 3 nitrogen and oxygen atoms in total. The summed E-state index contributed by atoms with van der Waals surface area (Å²) in [5, 5.41) is 0.792. The van der Waals surface area contributed by atoms with E-state index in [1.165, 1.54) is 0 Å². The summed E-state index contributed by atoms with van der Waals surface area (Å²) in [5.74, 6) is 0.631. The molecule has 17 heavy (non-hydrogen) atoms.